The summed E-state index contributed by atoms with van der Waals surface area (Å²) in [7, 11) is 0. The molecule has 1 heterocycles. The normalized spacial score (nSPS) is 10.7. The highest BCUT2D eigenvalue weighted by atomic mass is 19.1. The van der Waals surface area contributed by atoms with Crippen molar-refractivity contribution in [2.24, 2.45) is 0 Å². The second-order valence-electron chi connectivity index (χ2n) is 5.83. The number of amides is 1. The lowest BCUT2D eigenvalue weighted by Gasteiger charge is -2.04. The monoisotopic (exact) mass is 338 g/mol. The van der Waals surface area contributed by atoms with Gasteiger partial charge in [-0.15, -0.1) is 5.10 Å². The molecular weight excluding hydrogens is 319 g/mol. The lowest BCUT2D eigenvalue weighted by Crippen LogP contribution is -2.23. The molecule has 1 amide bonds. The van der Waals surface area contributed by atoms with Crippen molar-refractivity contribution >= 4 is 5.91 Å². The third kappa shape index (κ3) is 3.91. The first-order valence-electron chi connectivity index (χ1n) is 8.11. The van der Waals surface area contributed by atoms with Crippen LogP contribution in [0.5, 0.6) is 0 Å². The molecule has 6 heteroatoms. The van der Waals surface area contributed by atoms with Gasteiger partial charge in [0.1, 0.15) is 5.82 Å². The van der Waals surface area contributed by atoms with Gasteiger partial charge >= 0.3 is 0 Å². The van der Waals surface area contributed by atoms with Gasteiger partial charge < -0.3 is 5.32 Å². The number of aryl methyl sites for hydroxylation is 2. The Labute approximate surface area is 145 Å². The first-order valence-corrected chi connectivity index (χ1v) is 8.11. The molecule has 2 aromatic carbocycles. The Morgan fingerprint density at radius 1 is 1.16 bits per heavy atom. The summed E-state index contributed by atoms with van der Waals surface area (Å²) in [6, 6.07) is 12.7. The van der Waals surface area contributed by atoms with E-state index in [0.717, 1.165) is 12.0 Å². The molecule has 25 heavy (non-hydrogen) atoms. The smallest absolute Gasteiger partial charge is 0.273 e. The highest BCUT2D eigenvalue weighted by Crippen LogP contribution is 2.13. The number of hydrogen-bond donors (Lipinski definition) is 1. The van der Waals surface area contributed by atoms with Gasteiger partial charge in [-0.2, -0.15) is 0 Å². The van der Waals surface area contributed by atoms with Crippen molar-refractivity contribution in [3.63, 3.8) is 0 Å². The number of rotatable bonds is 5. The van der Waals surface area contributed by atoms with Crippen LogP contribution in [0.3, 0.4) is 0 Å². The van der Waals surface area contributed by atoms with E-state index >= 15 is 0 Å². The molecular formula is C19H19FN4O. The number of carbonyl (C=O) groups is 1. The Balaban J connectivity index is 1.66. The van der Waals surface area contributed by atoms with Crippen LogP contribution in [0.2, 0.25) is 0 Å². The predicted molar refractivity (Wildman–Crippen MR) is 93.0 cm³/mol. The molecule has 0 aliphatic heterocycles. The molecule has 0 spiro atoms. The van der Waals surface area contributed by atoms with Crippen LogP contribution in [-0.2, 0) is 13.0 Å². The van der Waals surface area contributed by atoms with E-state index in [4.69, 9.17) is 0 Å². The molecule has 3 rings (SSSR count). The molecule has 0 aliphatic rings. The quantitative estimate of drug-likeness (QED) is 0.777. The zero-order chi connectivity index (χ0) is 17.8. The number of hydrogen-bond acceptors (Lipinski definition) is 3. The number of nitrogens with zero attached hydrogens (tertiary/aromatic N) is 3. The van der Waals surface area contributed by atoms with Gasteiger partial charge in [0, 0.05) is 6.54 Å². The van der Waals surface area contributed by atoms with Crippen molar-refractivity contribution < 1.29 is 9.18 Å². The number of carbonyl (C=O) groups excluding carboxylic acids is 1. The molecule has 3 aromatic rings. The van der Waals surface area contributed by atoms with Crippen LogP contribution in [-0.4, -0.2) is 20.9 Å². The van der Waals surface area contributed by atoms with Crippen molar-refractivity contribution in [2.45, 2.75) is 26.8 Å². The Kier molecular flexibility index (Phi) is 4.88. The van der Waals surface area contributed by atoms with Gasteiger partial charge in [-0.05, 0) is 48.2 Å². The van der Waals surface area contributed by atoms with Crippen LogP contribution in [0.1, 0.15) is 34.1 Å². The number of benzene rings is 2. The average Bonchev–Trinajstić information content (AvgIpc) is 3.12. The first-order chi connectivity index (χ1) is 12.1. The number of aromatic nitrogens is 3. The van der Waals surface area contributed by atoms with E-state index in [1.54, 1.807) is 19.1 Å². The lowest BCUT2D eigenvalue weighted by molar-refractivity contribution is 0.0946. The van der Waals surface area contributed by atoms with Gasteiger partial charge in [0.05, 0.1) is 11.9 Å². The minimum Gasteiger partial charge on any atom is -0.347 e. The summed E-state index contributed by atoms with van der Waals surface area (Å²) in [6.07, 6.45) is 2.51. The first kappa shape index (κ1) is 16.8. The average molecular weight is 338 g/mol. The summed E-state index contributed by atoms with van der Waals surface area (Å²) < 4.78 is 14.8. The van der Waals surface area contributed by atoms with Gasteiger partial charge in [0.2, 0.25) is 0 Å². The molecule has 0 atom stereocenters. The summed E-state index contributed by atoms with van der Waals surface area (Å²) in [5.74, 6) is -0.583. The number of nitrogens with one attached hydrogen (secondary N) is 1. The van der Waals surface area contributed by atoms with Crippen molar-refractivity contribution in [1.29, 1.82) is 0 Å². The van der Waals surface area contributed by atoms with Crippen molar-refractivity contribution in [1.82, 2.24) is 20.3 Å². The van der Waals surface area contributed by atoms with Crippen LogP contribution < -0.4 is 5.32 Å². The maximum atomic E-state index is 13.3. The van der Waals surface area contributed by atoms with Crippen molar-refractivity contribution in [3.05, 3.63) is 76.9 Å². The summed E-state index contributed by atoms with van der Waals surface area (Å²) in [5, 5.41) is 10.7. The minimum atomic E-state index is -0.301. The van der Waals surface area contributed by atoms with E-state index in [9.17, 15) is 9.18 Å². The molecule has 0 unspecified atom stereocenters. The predicted octanol–water partition coefficient (Wildman–Crippen LogP) is 3.21. The van der Waals surface area contributed by atoms with E-state index in [0.29, 0.717) is 17.8 Å². The molecule has 128 valence electrons. The Morgan fingerprint density at radius 2 is 1.88 bits per heavy atom. The summed E-state index contributed by atoms with van der Waals surface area (Å²) in [5.41, 5.74) is 3.65. The van der Waals surface area contributed by atoms with Crippen LogP contribution in [0.25, 0.3) is 5.69 Å². The Morgan fingerprint density at radius 3 is 2.56 bits per heavy atom. The zero-order valence-corrected chi connectivity index (χ0v) is 14.2. The standard InChI is InChI=1S/C19H19FN4O/c1-3-14-4-6-15(7-5-14)11-21-19(25)18-12-24(23-22-18)16-8-9-17(20)13(2)10-16/h4-10,12H,3,11H2,1-2H3,(H,21,25). The van der Waals surface area contributed by atoms with Gasteiger partial charge in [-0.25, -0.2) is 9.07 Å². The molecule has 5 nitrogen and oxygen atoms in total. The Hall–Kier alpha value is -3.02. The van der Waals surface area contributed by atoms with Crippen LogP contribution in [0, 0.1) is 12.7 Å². The van der Waals surface area contributed by atoms with Gasteiger partial charge in [-0.3, -0.25) is 4.79 Å². The fourth-order valence-corrected chi connectivity index (χ4v) is 2.43. The summed E-state index contributed by atoms with van der Waals surface area (Å²) in [6.45, 7) is 4.20. The maximum absolute atomic E-state index is 13.3. The minimum absolute atomic E-state index is 0.215. The van der Waals surface area contributed by atoms with E-state index < -0.39 is 0 Å². The molecule has 0 saturated carbocycles. The largest absolute Gasteiger partial charge is 0.347 e. The molecule has 0 radical (unpaired) electrons. The molecule has 0 saturated heterocycles. The molecule has 1 aromatic heterocycles. The van der Waals surface area contributed by atoms with Crippen LogP contribution in [0.15, 0.2) is 48.7 Å². The third-order valence-corrected chi connectivity index (χ3v) is 4.02. The van der Waals surface area contributed by atoms with E-state index in [-0.39, 0.29) is 17.4 Å². The lowest BCUT2D eigenvalue weighted by atomic mass is 10.1. The van der Waals surface area contributed by atoms with Gasteiger partial charge in [0.15, 0.2) is 5.69 Å². The van der Waals surface area contributed by atoms with Gasteiger partial charge in [0.25, 0.3) is 5.91 Å². The van der Waals surface area contributed by atoms with Crippen LogP contribution >= 0.6 is 0 Å². The van der Waals surface area contributed by atoms with E-state index in [2.05, 4.69) is 34.7 Å². The molecule has 0 aliphatic carbocycles. The fourth-order valence-electron chi connectivity index (χ4n) is 2.43. The molecule has 1 N–H and O–H groups in total. The fraction of sp³-hybridized carbons (Fsp3) is 0.211. The molecule has 0 fully saturated rings. The Bertz CT molecular complexity index is 887. The summed E-state index contributed by atoms with van der Waals surface area (Å²) in [4.78, 5) is 12.2. The molecule has 0 bridgehead atoms. The zero-order valence-electron chi connectivity index (χ0n) is 14.2. The van der Waals surface area contributed by atoms with Crippen molar-refractivity contribution in [2.75, 3.05) is 0 Å². The van der Waals surface area contributed by atoms with Crippen LogP contribution in [0.4, 0.5) is 4.39 Å². The second kappa shape index (κ2) is 7.25. The van der Waals surface area contributed by atoms with Crippen molar-refractivity contribution in [3.8, 4) is 5.69 Å². The van der Waals surface area contributed by atoms with E-state index in [1.807, 2.05) is 12.1 Å². The number of halogens is 1. The van der Waals surface area contributed by atoms with Gasteiger partial charge in [-0.1, -0.05) is 36.4 Å². The maximum Gasteiger partial charge on any atom is 0.273 e. The third-order valence-electron chi connectivity index (χ3n) is 4.02. The summed E-state index contributed by atoms with van der Waals surface area (Å²) >= 11 is 0. The second-order valence-corrected chi connectivity index (χ2v) is 5.83. The highest BCUT2D eigenvalue weighted by molar-refractivity contribution is 5.91. The SMILES string of the molecule is CCc1ccc(CNC(=O)c2cn(-c3ccc(F)c(C)c3)nn2)cc1. The topological polar surface area (TPSA) is 59.8 Å². The highest BCUT2D eigenvalue weighted by Gasteiger charge is 2.12. The van der Waals surface area contributed by atoms with E-state index in [1.165, 1.54) is 22.5 Å².